The maximum absolute atomic E-state index is 12.1. The summed E-state index contributed by atoms with van der Waals surface area (Å²) in [7, 11) is 0. The number of carbonyl (C=O) groups is 1. The van der Waals surface area contributed by atoms with E-state index < -0.39 is 5.91 Å². The van der Waals surface area contributed by atoms with E-state index in [0.717, 1.165) is 0 Å². The molecule has 2 rings (SSSR count). The lowest BCUT2D eigenvalue weighted by Gasteiger charge is -2.10. The quantitative estimate of drug-likeness (QED) is 0.795. The van der Waals surface area contributed by atoms with Crippen LogP contribution >= 0.6 is 35.4 Å². The molecule has 22 heavy (non-hydrogen) atoms. The maximum atomic E-state index is 12.1. The highest BCUT2D eigenvalue weighted by atomic mass is 35.5. The predicted molar refractivity (Wildman–Crippen MR) is 92.5 cm³/mol. The average molecular weight is 350 g/mol. The van der Waals surface area contributed by atoms with Crippen molar-refractivity contribution in [2.45, 2.75) is 0 Å². The van der Waals surface area contributed by atoms with Gasteiger partial charge in [0.2, 0.25) is 0 Å². The van der Waals surface area contributed by atoms with Crippen molar-refractivity contribution in [1.29, 1.82) is 5.26 Å². The molecular formula is C15H9Cl2N3OS. The number of halogens is 2. The summed E-state index contributed by atoms with van der Waals surface area (Å²) in [6.45, 7) is 0. The van der Waals surface area contributed by atoms with Gasteiger partial charge in [-0.25, -0.2) is 0 Å². The molecule has 2 aromatic carbocycles. The normalized spacial score (nSPS) is 9.68. The van der Waals surface area contributed by atoms with Crippen LogP contribution in [0, 0.1) is 11.3 Å². The van der Waals surface area contributed by atoms with Crippen molar-refractivity contribution in [3.8, 4) is 6.07 Å². The fourth-order valence-electron chi connectivity index (χ4n) is 1.68. The first-order chi connectivity index (χ1) is 10.5. The van der Waals surface area contributed by atoms with E-state index in [9.17, 15) is 4.79 Å². The molecule has 0 aliphatic carbocycles. The van der Waals surface area contributed by atoms with Gasteiger partial charge in [-0.2, -0.15) is 5.26 Å². The Hall–Kier alpha value is -2.13. The van der Waals surface area contributed by atoms with Gasteiger partial charge in [-0.15, -0.1) is 0 Å². The van der Waals surface area contributed by atoms with Crippen molar-refractivity contribution in [2.75, 3.05) is 10.6 Å². The first kappa shape index (κ1) is 16.2. The van der Waals surface area contributed by atoms with Crippen LogP contribution in [0.25, 0.3) is 0 Å². The molecule has 0 unspecified atom stereocenters. The molecule has 0 aliphatic heterocycles. The van der Waals surface area contributed by atoms with Crippen LogP contribution < -0.4 is 10.6 Å². The molecule has 2 N–H and O–H groups in total. The van der Waals surface area contributed by atoms with Gasteiger partial charge in [-0.05, 0) is 30.3 Å². The summed E-state index contributed by atoms with van der Waals surface area (Å²) >= 11 is 16.8. The second kappa shape index (κ2) is 7.23. The number of hydrogen-bond acceptors (Lipinski definition) is 3. The van der Waals surface area contributed by atoms with E-state index >= 15 is 0 Å². The van der Waals surface area contributed by atoms with Crippen molar-refractivity contribution >= 4 is 57.7 Å². The second-order valence-electron chi connectivity index (χ2n) is 4.22. The number of nitrogens with one attached hydrogen (secondary N) is 2. The van der Waals surface area contributed by atoms with Crippen LogP contribution in [0.5, 0.6) is 0 Å². The zero-order valence-electron chi connectivity index (χ0n) is 11.1. The number of carbonyl (C=O) groups excluding carboxylic acids is 1. The number of thiocarbonyl (C=S) groups is 1. The summed E-state index contributed by atoms with van der Waals surface area (Å²) in [5, 5.41) is 15.2. The van der Waals surface area contributed by atoms with E-state index in [2.05, 4.69) is 10.6 Å². The van der Waals surface area contributed by atoms with E-state index in [-0.39, 0.29) is 4.99 Å². The topological polar surface area (TPSA) is 64.9 Å². The fraction of sp³-hybridized carbons (Fsp3) is 0. The number of para-hydroxylation sites is 1. The van der Waals surface area contributed by atoms with Gasteiger partial charge in [0, 0.05) is 15.7 Å². The number of anilines is 2. The molecule has 110 valence electrons. The zero-order valence-corrected chi connectivity index (χ0v) is 13.4. The lowest BCUT2D eigenvalue weighted by Crippen LogP contribution is -2.27. The van der Waals surface area contributed by atoms with Gasteiger partial charge in [0.25, 0.3) is 5.91 Å². The second-order valence-corrected chi connectivity index (χ2v) is 5.50. The molecule has 0 fully saturated rings. The standard InChI is InChI=1S/C15H9Cl2N3OS/c16-10-5-11(17)7-12(6-10)19-15(22)14(21)20-13-4-2-1-3-9(13)8-18/h1-7H,(H,19,22)(H,20,21). The van der Waals surface area contributed by atoms with E-state index in [1.807, 2.05) is 6.07 Å². The summed E-state index contributed by atoms with van der Waals surface area (Å²) < 4.78 is 0. The number of rotatable bonds is 2. The van der Waals surface area contributed by atoms with Gasteiger partial charge in [0.15, 0.2) is 4.99 Å². The van der Waals surface area contributed by atoms with Crippen molar-refractivity contribution in [2.24, 2.45) is 0 Å². The lowest BCUT2D eigenvalue weighted by molar-refractivity contribution is -0.110. The molecular weight excluding hydrogens is 341 g/mol. The van der Waals surface area contributed by atoms with Crippen molar-refractivity contribution in [3.05, 3.63) is 58.1 Å². The number of nitrogens with zero attached hydrogens (tertiary/aromatic N) is 1. The minimum atomic E-state index is -0.534. The Labute approximate surface area is 142 Å². The fourth-order valence-corrected chi connectivity index (χ4v) is 2.38. The van der Waals surface area contributed by atoms with Crippen LogP contribution in [0.3, 0.4) is 0 Å². The number of hydrogen-bond donors (Lipinski definition) is 2. The highest BCUT2D eigenvalue weighted by molar-refractivity contribution is 7.82. The van der Waals surface area contributed by atoms with Crippen LogP contribution in [0.15, 0.2) is 42.5 Å². The molecule has 1 amide bonds. The summed E-state index contributed by atoms with van der Waals surface area (Å²) in [4.78, 5) is 12.0. The van der Waals surface area contributed by atoms with E-state index in [1.54, 1.807) is 42.5 Å². The number of nitriles is 1. The molecule has 0 aromatic heterocycles. The SMILES string of the molecule is N#Cc1ccccc1NC(=O)C(=S)Nc1cc(Cl)cc(Cl)c1. The highest BCUT2D eigenvalue weighted by Crippen LogP contribution is 2.22. The molecule has 2 aromatic rings. The third kappa shape index (κ3) is 4.18. The molecule has 7 heteroatoms. The van der Waals surface area contributed by atoms with Gasteiger partial charge < -0.3 is 10.6 Å². The molecule has 0 bridgehead atoms. The molecule has 0 saturated carbocycles. The Morgan fingerprint density at radius 2 is 1.73 bits per heavy atom. The number of benzene rings is 2. The summed E-state index contributed by atoms with van der Waals surface area (Å²) in [6.07, 6.45) is 0. The van der Waals surface area contributed by atoms with Gasteiger partial charge in [-0.3, -0.25) is 4.79 Å². The van der Waals surface area contributed by atoms with Gasteiger partial charge in [0.05, 0.1) is 11.3 Å². The highest BCUT2D eigenvalue weighted by Gasteiger charge is 2.12. The summed E-state index contributed by atoms with van der Waals surface area (Å²) in [5.41, 5.74) is 1.25. The minimum absolute atomic E-state index is 0.0638. The largest absolute Gasteiger partial charge is 0.342 e. The predicted octanol–water partition coefficient (Wildman–Crippen LogP) is 4.24. The maximum Gasteiger partial charge on any atom is 0.283 e. The molecule has 0 aliphatic rings. The van der Waals surface area contributed by atoms with E-state index in [4.69, 9.17) is 40.7 Å². The first-order valence-electron chi connectivity index (χ1n) is 6.07. The molecule has 0 saturated heterocycles. The van der Waals surface area contributed by atoms with Gasteiger partial charge in [0.1, 0.15) is 6.07 Å². The van der Waals surface area contributed by atoms with Crippen LogP contribution in [0.2, 0.25) is 10.0 Å². The third-order valence-electron chi connectivity index (χ3n) is 2.62. The molecule has 0 radical (unpaired) electrons. The van der Waals surface area contributed by atoms with E-state index in [0.29, 0.717) is 27.0 Å². The van der Waals surface area contributed by atoms with Crippen LogP contribution in [0.1, 0.15) is 5.56 Å². The lowest BCUT2D eigenvalue weighted by atomic mass is 10.2. The third-order valence-corrected chi connectivity index (χ3v) is 3.35. The Morgan fingerprint density at radius 1 is 1.09 bits per heavy atom. The van der Waals surface area contributed by atoms with Crippen LogP contribution in [-0.4, -0.2) is 10.9 Å². The Balaban J connectivity index is 2.10. The smallest absolute Gasteiger partial charge is 0.283 e. The minimum Gasteiger partial charge on any atom is -0.342 e. The summed E-state index contributed by atoms with van der Waals surface area (Å²) in [5.74, 6) is -0.534. The van der Waals surface area contributed by atoms with Crippen LogP contribution in [-0.2, 0) is 4.79 Å². The van der Waals surface area contributed by atoms with Crippen LogP contribution in [0.4, 0.5) is 11.4 Å². The Kier molecular flexibility index (Phi) is 5.34. The molecule has 4 nitrogen and oxygen atoms in total. The monoisotopic (exact) mass is 349 g/mol. The van der Waals surface area contributed by atoms with Crippen molar-refractivity contribution in [1.82, 2.24) is 0 Å². The van der Waals surface area contributed by atoms with E-state index in [1.165, 1.54) is 0 Å². The number of amides is 1. The molecule has 0 heterocycles. The Morgan fingerprint density at radius 3 is 2.36 bits per heavy atom. The molecule has 0 atom stereocenters. The zero-order chi connectivity index (χ0) is 16.1. The van der Waals surface area contributed by atoms with Crippen molar-refractivity contribution < 1.29 is 4.79 Å². The first-order valence-corrected chi connectivity index (χ1v) is 7.23. The summed E-state index contributed by atoms with van der Waals surface area (Å²) in [6, 6.07) is 13.4. The van der Waals surface area contributed by atoms with Gasteiger partial charge >= 0.3 is 0 Å². The van der Waals surface area contributed by atoms with Gasteiger partial charge in [-0.1, -0.05) is 47.6 Å². The van der Waals surface area contributed by atoms with Crippen molar-refractivity contribution in [3.63, 3.8) is 0 Å². The Bertz CT molecular complexity index is 766. The molecule has 0 spiro atoms. The average Bonchev–Trinajstić information content (AvgIpc) is 2.46.